The fraction of sp³-hybridized carbons (Fsp3) is 0.0476. The molecule has 2 aromatic heterocycles. The van der Waals surface area contributed by atoms with E-state index < -0.39 is 23.5 Å². The Bertz CT molecular complexity index is 2680. The lowest BCUT2D eigenvalue weighted by molar-refractivity contribution is -0.143. The highest BCUT2D eigenvalue weighted by molar-refractivity contribution is 6.25. The molecule has 6 aromatic carbocycles. The largest absolute Gasteiger partial charge is 0.416 e. The average Bonchev–Trinajstić information content (AvgIpc) is 3.16. The summed E-state index contributed by atoms with van der Waals surface area (Å²) in [6, 6.07) is 35.5. The van der Waals surface area contributed by atoms with Gasteiger partial charge in [-0.2, -0.15) is 26.3 Å². The Hall–Kier alpha value is -6.60. The minimum atomic E-state index is -5.04. The molecule has 0 atom stereocenters. The average molecular weight is 697 g/mol. The van der Waals surface area contributed by atoms with Crippen molar-refractivity contribution in [1.82, 2.24) is 15.0 Å². The molecule has 0 spiro atoms. The maximum atomic E-state index is 14.0. The van der Waals surface area contributed by atoms with Crippen LogP contribution in [0.25, 0.3) is 82.5 Å². The van der Waals surface area contributed by atoms with Crippen LogP contribution in [0.1, 0.15) is 11.1 Å². The number of hydrogen-bond acceptors (Lipinski definition) is 3. The van der Waals surface area contributed by atoms with Gasteiger partial charge in [-0.3, -0.25) is 0 Å². The van der Waals surface area contributed by atoms with E-state index in [9.17, 15) is 26.3 Å². The highest BCUT2D eigenvalue weighted by Crippen LogP contribution is 2.46. The van der Waals surface area contributed by atoms with Crippen LogP contribution in [0.15, 0.2) is 133 Å². The molecule has 0 aliphatic carbocycles. The molecular weight excluding hydrogens is 674 g/mol. The van der Waals surface area contributed by atoms with Crippen molar-refractivity contribution in [2.75, 3.05) is 0 Å². The van der Waals surface area contributed by atoms with Gasteiger partial charge in [0.2, 0.25) is 0 Å². The lowest BCUT2D eigenvalue weighted by Crippen LogP contribution is -2.11. The summed E-state index contributed by atoms with van der Waals surface area (Å²) in [4.78, 5) is 19.1. The van der Waals surface area contributed by atoms with Gasteiger partial charge in [0.05, 0.1) is 51.3 Å². The first-order valence-electron chi connectivity index (χ1n) is 16.0. The van der Waals surface area contributed by atoms with Crippen molar-refractivity contribution in [3.05, 3.63) is 156 Å². The highest BCUT2D eigenvalue weighted by atomic mass is 19.4. The van der Waals surface area contributed by atoms with Gasteiger partial charge in [0.25, 0.3) is 0 Å². The van der Waals surface area contributed by atoms with E-state index in [1.165, 1.54) is 12.1 Å². The van der Waals surface area contributed by atoms with Crippen molar-refractivity contribution in [3.8, 4) is 44.9 Å². The Morgan fingerprint density at radius 2 is 0.981 bits per heavy atom. The molecule has 0 radical (unpaired) electrons. The number of nitrogens with zero attached hydrogens (tertiary/aromatic N) is 4. The Labute approximate surface area is 292 Å². The molecule has 0 bridgehead atoms. The van der Waals surface area contributed by atoms with E-state index in [0.717, 1.165) is 11.1 Å². The van der Waals surface area contributed by atoms with E-state index in [1.807, 2.05) is 72.8 Å². The molecule has 0 N–H and O–H groups in total. The SMILES string of the molecule is [C-]#[N+]c1cc2nc(-c3ccccc3)c(-c3ccccc3)nc2c2c1c(-c1ccccc1-c1cc(C(F)(F)F)cc(C(F)(F)F)c1)nc1ccccc12. The molecule has 52 heavy (non-hydrogen) atoms. The van der Waals surface area contributed by atoms with Gasteiger partial charge in [-0.15, -0.1) is 0 Å². The third-order valence-corrected chi connectivity index (χ3v) is 8.88. The van der Waals surface area contributed by atoms with Gasteiger partial charge in [0.15, 0.2) is 5.69 Å². The van der Waals surface area contributed by atoms with Gasteiger partial charge in [-0.25, -0.2) is 19.8 Å². The van der Waals surface area contributed by atoms with E-state index in [1.54, 1.807) is 30.3 Å². The topological polar surface area (TPSA) is 43.0 Å². The van der Waals surface area contributed by atoms with Crippen LogP contribution in [0.5, 0.6) is 0 Å². The van der Waals surface area contributed by atoms with E-state index in [-0.39, 0.29) is 34.1 Å². The predicted molar refractivity (Wildman–Crippen MR) is 190 cm³/mol. The normalized spacial score (nSPS) is 12.0. The van der Waals surface area contributed by atoms with E-state index >= 15 is 0 Å². The van der Waals surface area contributed by atoms with Gasteiger partial charge in [-0.1, -0.05) is 103 Å². The van der Waals surface area contributed by atoms with Crippen molar-refractivity contribution in [3.63, 3.8) is 0 Å². The number of hydrogen-bond donors (Lipinski definition) is 0. The van der Waals surface area contributed by atoms with Crippen molar-refractivity contribution < 1.29 is 26.3 Å². The second-order valence-corrected chi connectivity index (χ2v) is 12.1. The second kappa shape index (κ2) is 12.3. The number of benzene rings is 6. The summed E-state index contributed by atoms with van der Waals surface area (Å²) in [7, 11) is 0. The van der Waals surface area contributed by atoms with Gasteiger partial charge in [-0.05, 0) is 41.5 Å². The summed E-state index contributed by atoms with van der Waals surface area (Å²) >= 11 is 0. The lowest BCUT2D eigenvalue weighted by Gasteiger charge is -2.19. The number of para-hydroxylation sites is 1. The molecule has 0 saturated carbocycles. The molecule has 0 saturated heterocycles. The molecule has 0 unspecified atom stereocenters. The van der Waals surface area contributed by atoms with Crippen LogP contribution < -0.4 is 0 Å². The van der Waals surface area contributed by atoms with Crippen LogP contribution in [0.4, 0.5) is 32.0 Å². The molecule has 0 amide bonds. The molecule has 0 aliphatic rings. The van der Waals surface area contributed by atoms with Crippen LogP contribution in [-0.4, -0.2) is 15.0 Å². The Kier molecular flexibility index (Phi) is 7.72. The molecule has 4 nitrogen and oxygen atoms in total. The highest BCUT2D eigenvalue weighted by Gasteiger charge is 2.37. The fourth-order valence-electron chi connectivity index (χ4n) is 6.57. The van der Waals surface area contributed by atoms with Gasteiger partial charge in [0.1, 0.15) is 0 Å². The number of rotatable bonds is 4. The van der Waals surface area contributed by atoms with Gasteiger partial charge in [0, 0.05) is 32.8 Å². The van der Waals surface area contributed by atoms with Crippen molar-refractivity contribution in [1.29, 1.82) is 0 Å². The molecule has 8 rings (SSSR count). The second-order valence-electron chi connectivity index (χ2n) is 12.1. The first kappa shape index (κ1) is 32.6. The molecule has 0 fully saturated rings. The zero-order valence-electron chi connectivity index (χ0n) is 26.8. The summed E-state index contributed by atoms with van der Waals surface area (Å²) in [5.74, 6) is 0. The number of fused-ring (bicyclic) bond motifs is 5. The van der Waals surface area contributed by atoms with Crippen LogP contribution >= 0.6 is 0 Å². The number of alkyl halides is 6. The van der Waals surface area contributed by atoms with Crippen LogP contribution in [-0.2, 0) is 12.4 Å². The zero-order valence-corrected chi connectivity index (χ0v) is 26.8. The Morgan fingerprint density at radius 3 is 1.58 bits per heavy atom. The van der Waals surface area contributed by atoms with Gasteiger partial charge < -0.3 is 0 Å². The molecule has 0 aliphatic heterocycles. The van der Waals surface area contributed by atoms with Crippen LogP contribution in [0, 0.1) is 6.57 Å². The first-order chi connectivity index (χ1) is 25.0. The Balaban J connectivity index is 1.50. The number of aromatic nitrogens is 3. The van der Waals surface area contributed by atoms with E-state index in [0.29, 0.717) is 56.2 Å². The first-order valence-corrected chi connectivity index (χ1v) is 16.0. The van der Waals surface area contributed by atoms with Gasteiger partial charge >= 0.3 is 12.4 Å². The summed E-state index contributed by atoms with van der Waals surface area (Å²) in [5, 5.41) is 1.52. The lowest BCUT2D eigenvalue weighted by atomic mass is 9.90. The Morgan fingerprint density at radius 1 is 0.462 bits per heavy atom. The number of pyridine rings is 1. The van der Waals surface area contributed by atoms with E-state index in [4.69, 9.17) is 21.5 Å². The van der Waals surface area contributed by atoms with E-state index in [2.05, 4.69) is 4.85 Å². The summed E-state index contributed by atoms with van der Waals surface area (Å²) < 4.78 is 83.8. The summed E-state index contributed by atoms with van der Waals surface area (Å²) in [6.07, 6.45) is -10.1. The molecule has 8 aromatic rings. The monoisotopic (exact) mass is 696 g/mol. The predicted octanol–water partition coefficient (Wildman–Crippen LogP) is 12.6. The maximum Gasteiger partial charge on any atom is 0.416 e. The van der Waals surface area contributed by atoms with Crippen molar-refractivity contribution >= 4 is 38.4 Å². The molecule has 2 heterocycles. The molecular formula is C42H22F6N4. The minimum absolute atomic E-state index is 0.0784. The molecule has 10 heteroatoms. The molecule has 252 valence electrons. The van der Waals surface area contributed by atoms with Crippen LogP contribution in [0.3, 0.4) is 0 Å². The fourth-order valence-corrected chi connectivity index (χ4v) is 6.57. The number of halogens is 6. The third-order valence-electron chi connectivity index (χ3n) is 8.88. The van der Waals surface area contributed by atoms with Crippen molar-refractivity contribution in [2.24, 2.45) is 0 Å². The van der Waals surface area contributed by atoms with Crippen LogP contribution in [0.2, 0.25) is 0 Å². The van der Waals surface area contributed by atoms with Crippen molar-refractivity contribution in [2.45, 2.75) is 12.4 Å². The smallest absolute Gasteiger partial charge is 0.248 e. The summed E-state index contributed by atoms with van der Waals surface area (Å²) in [6.45, 7) is 8.27. The standard InChI is InChI=1S/C42H22F6N4/c1-49-33-23-34-40(52-38(25-14-6-3-7-15-25)37(51-34)24-12-4-2-5-13-24)35-31-18-10-11-19-32(31)50-39(36(33)35)30-17-9-8-16-29(30)26-20-27(41(43,44)45)22-28(21-26)42(46,47)48/h2-23H. The minimum Gasteiger partial charge on any atom is -0.248 e. The maximum absolute atomic E-state index is 14.0. The zero-order chi connectivity index (χ0) is 36.2. The summed E-state index contributed by atoms with van der Waals surface area (Å²) in [5.41, 5.74) is 1.67. The third kappa shape index (κ3) is 5.66. The quantitative estimate of drug-likeness (QED) is 0.105.